The highest BCUT2D eigenvalue weighted by Gasteiger charge is 2.08. The first-order valence-corrected chi connectivity index (χ1v) is 6.26. The van der Waals surface area contributed by atoms with Gasteiger partial charge in [-0.1, -0.05) is 0 Å². The molecule has 0 heterocycles. The van der Waals surface area contributed by atoms with E-state index in [1.807, 2.05) is 12.1 Å². The molecule has 0 bridgehead atoms. The summed E-state index contributed by atoms with van der Waals surface area (Å²) in [5, 5.41) is 12.1. The number of benzene rings is 1. The van der Waals surface area contributed by atoms with Gasteiger partial charge in [-0.2, -0.15) is 0 Å². The third-order valence-corrected chi connectivity index (χ3v) is 2.92. The van der Waals surface area contributed by atoms with Crippen LogP contribution in [0.3, 0.4) is 0 Å². The largest absolute Gasteiger partial charge is 0.497 e. The fourth-order valence-electron chi connectivity index (χ4n) is 1.85. The number of aryl methyl sites for hydroxylation is 1. The van der Waals surface area contributed by atoms with Crippen molar-refractivity contribution in [3.05, 3.63) is 23.3 Å². The average molecular weight is 253 g/mol. The van der Waals surface area contributed by atoms with Gasteiger partial charge in [0, 0.05) is 24.8 Å². The monoisotopic (exact) mass is 253 g/mol. The van der Waals surface area contributed by atoms with E-state index in [0.717, 1.165) is 48.6 Å². The standard InChI is InChI=1S/C14H23NO3/c1-11-8-12(17-2)9-14(18-3)13(11)10-15-6-4-5-7-16/h8-9,15-16H,4-7,10H2,1-3H3. The van der Waals surface area contributed by atoms with E-state index in [9.17, 15) is 0 Å². The van der Waals surface area contributed by atoms with Crippen molar-refractivity contribution in [2.45, 2.75) is 26.3 Å². The minimum Gasteiger partial charge on any atom is -0.497 e. The Bertz CT molecular complexity index is 366. The lowest BCUT2D eigenvalue weighted by atomic mass is 10.1. The number of methoxy groups -OCH3 is 2. The van der Waals surface area contributed by atoms with E-state index < -0.39 is 0 Å². The first-order chi connectivity index (χ1) is 8.72. The first kappa shape index (κ1) is 14.8. The molecule has 0 spiro atoms. The molecule has 0 unspecified atom stereocenters. The maximum atomic E-state index is 8.70. The molecule has 0 fully saturated rings. The Morgan fingerprint density at radius 2 is 1.94 bits per heavy atom. The third kappa shape index (κ3) is 4.20. The Balaban J connectivity index is 2.63. The maximum absolute atomic E-state index is 8.70. The first-order valence-electron chi connectivity index (χ1n) is 6.26. The van der Waals surface area contributed by atoms with Crippen LogP contribution in [0.25, 0.3) is 0 Å². The molecule has 0 saturated heterocycles. The van der Waals surface area contributed by atoms with Crippen molar-refractivity contribution in [3.8, 4) is 11.5 Å². The van der Waals surface area contributed by atoms with Crippen LogP contribution >= 0.6 is 0 Å². The molecule has 0 atom stereocenters. The fraction of sp³-hybridized carbons (Fsp3) is 0.571. The zero-order valence-corrected chi connectivity index (χ0v) is 11.5. The predicted molar refractivity (Wildman–Crippen MR) is 72.3 cm³/mol. The minimum atomic E-state index is 0.257. The van der Waals surface area contributed by atoms with Gasteiger partial charge < -0.3 is 19.9 Å². The summed E-state index contributed by atoms with van der Waals surface area (Å²) in [5.41, 5.74) is 2.31. The molecule has 1 rings (SSSR count). The van der Waals surface area contributed by atoms with Gasteiger partial charge in [-0.25, -0.2) is 0 Å². The van der Waals surface area contributed by atoms with Gasteiger partial charge >= 0.3 is 0 Å². The van der Waals surface area contributed by atoms with Crippen LogP contribution in [0.2, 0.25) is 0 Å². The Morgan fingerprint density at radius 1 is 1.17 bits per heavy atom. The summed E-state index contributed by atoms with van der Waals surface area (Å²) >= 11 is 0. The van der Waals surface area contributed by atoms with Crippen LogP contribution in [0, 0.1) is 6.92 Å². The molecule has 4 heteroatoms. The molecule has 102 valence electrons. The normalized spacial score (nSPS) is 10.4. The number of aliphatic hydroxyl groups is 1. The second-order valence-corrected chi connectivity index (χ2v) is 4.23. The lowest BCUT2D eigenvalue weighted by Crippen LogP contribution is -2.16. The Kier molecular flexibility index (Phi) is 6.54. The molecule has 0 aromatic heterocycles. The van der Waals surface area contributed by atoms with Gasteiger partial charge in [0.05, 0.1) is 14.2 Å². The Hall–Kier alpha value is -1.26. The molecule has 0 radical (unpaired) electrons. The van der Waals surface area contributed by atoms with Crippen LogP contribution in [0.5, 0.6) is 11.5 Å². The van der Waals surface area contributed by atoms with Crippen molar-refractivity contribution in [2.75, 3.05) is 27.4 Å². The Labute approximate surface area is 109 Å². The smallest absolute Gasteiger partial charge is 0.127 e. The average Bonchev–Trinajstić information content (AvgIpc) is 2.39. The van der Waals surface area contributed by atoms with E-state index >= 15 is 0 Å². The van der Waals surface area contributed by atoms with Crippen LogP contribution in [0.1, 0.15) is 24.0 Å². The summed E-state index contributed by atoms with van der Waals surface area (Å²) in [6.45, 7) is 3.97. The molecule has 4 nitrogen and oxygen atoms in total. The van der Waals surface area contributed by atoms with Gasteiger partial charge in [-0.15, -0.1) is 0 Å². The summed E-state index contributed by atoms with van der Waals surface area (Å²) in [6, 6.07) is 3.91. The second kappa shape index (κ2) is 7.95. The van der Waals surface area contributed by atoms with Gasteiger partial charge in [0.15, 0.2) is 0 Å². The summed E-state index contributed by atoms with van der Waals surface area (Å²) < 4.78 is 10.6. The minimum absolute atomic E-state index is 0.257. The lowest BCUT2D eigenvalue weighted by Gasteiger charge is -2.14. The van der Waals surface area contributed by atoms with E-state index in [2.05, 4.69) is 12.2 Å². The number of unbranched alkanes of at least 4 members (excludes halogenated alkanes) is 1. The number of aliphatic hydroxyl groups excluding tert-OH is 1. The van der Waals surface area contributed by atoms with E-state index in [1.54, 1.807) is 14.2 Å². The van der Waals surface area contributed by atoms with Crippen molar-refractivity contribution in [3.63, 3.8) is 0 Å². The van der Waals surface area contributed by atoms with Crippen molar-refractivity contribution < 1.29 is 14.6 Å². The van der Waals surface area contributed by atoms with Crippen molar-refractivity contribution in [2.24, 2.45) is 0 Å². The molecule has 2 N–H and O–H groups in total. The molecule has 0 saturated carbocycles. The van der Waals surface area contributed by atoms with Gasteiger partial charge in [0.2, 0.25) is 0 Å². The fourth-order valence-corrected chi connectivity index (χ4v) is 1.85. The van der Waals surface area contributed by atoms with Gasteiger partial charge in [-0.3, -0.25) is 0 Å². The van der Waals surface area contributed by atoms with Crippen molar-refractivity contribution in [1.82, 2.24) is 5.32 Å². The predicted octanol–water partition coefficient (Wildman–Crippen LogP) is 1.87. The van der Waals surface area contributed by atoms with Crippen LogP contribution in [-0.4, -0.2) is 32.5 Å². The second-order valence-electron chi connectivity index (χ2n) is 4.23. The molecule has 18 heavy (non-hydrogen) atoms. The number of nitrogens with one attached hydrogen (secondary N) is 1. The molecular formula is C14H23NO3. The zero-order valence-electron chi connectivity index (χ0n) is 11.5. The number of ether oxygens (including phenoxy) is 2. The van der Waals surface area contributed by atoms with E-state index in [0.29, 0.717) is 0 Å². The zero-order chi connectivity index (χ0) is 13.4. The van der Waals surface area contributed by atoms with Crippen LogP contribution in [0.4, 0.5) is 0 Å². The topological polar surface area (TPSA) is 50.7 Å². The quantitative estimate of drug-likeness (QED) is 0.695. The number of hydrogen-bond acceptors (Lipinski definition) is 4. The molecule has 0 aliphatic carbocycles. The molecule has 0 amide bonds. The SMILES string of the molecule is COc1cc(C)c(CNCCCCO)c(OC)c1. The number of rotatable bonds is 8. The van der Waals surface area contributed by atoms with Gasteiger partial charge in [-0.05, 0) is 37.9 Å². The highest BCUT2D eigenvalue weighted by molar-refractivity contribution is 5.46. The summed E-state index contributed by atoms with van der Waals surface area (Å²) in [5.74, 6) is 1.66. The molecule has 1 aromatic rings. The summed E-state index contributed by atoms with van der Waals surface area (Å²) in [4.78, 5) is 0. The van der Waals surface area contributed by atoms with Gasteiger partial charge in [0.1, 0.15) is 11.5 Å². The molecule has 0 aliphatic heterocycles. The summed E-state index contributed by atoms with van der Waals surface area (Å²) in [7, 11) is 3.32. The van der Waals surface area contributed by atoms with Crippen molar-refractivity contribution >= 4 is 0 Å². The van der Waals surface area contributed by atoms with Crippen LogP contribution in [0.15, 0.2) is 12.1 Å². The van der Waals surface area contributed by atoms with Crippen LogP contribution < -0.4 is 14.8 Å². The summed E-state index contributed by atoms with van der Waals surface area (Å²) in [6.07, 6.45) is 1.82. The molecule has 0 aliphatic rings. The van der Waals surface area contributed by atoms with Crippen LogP contribution in [-0.2, 0) is 6.54 Å². The van der Waals surface area contributed by atoms with E-state index in [1.165, 1.54) is 0 Å². The Morgan fingerprint density at radius 3 is 2.56 bits per heavy atom. The van der Waals surface area contributed by atoms with E-state index in [-0.39, 0.29) is 6.61 Å². The highest BCUT2D eigenvalue weighted by atomic mass is 16.5. The molecule has 1 aromatic carbocycles. The number of hydrogen-bond donors (Lipinski definition) is 2. The van der Waals surface area contributed by atoms with Crippen molar-refractivity contribution in [1.29, 1.82) is 0 Å². The maximum Gasteiger partial charge on any atom is 0.127 e. The third-order valence-electron chi connectivity index (χ3n) is 2.92. The van der Waals surface area contributed by atoms with Gasteiger partial charge in [0.25, 0.3) is 0 Å². The lowest BCUT2D eigenvalue weighted by molar-refractivity contribution is 0.283. The highest BCUT2D eigenvalue weighted by Crippen LogP contribution is 2.28. The van der Waals surface area contributed by atoms with E-state index in [4.69, 9.17) is 14.6 Å². The molecular weight excluding hydrogens is 230 g/mol.